The molecule has 1 unspecified atom stereocenters. The van der Waals surface area contributed by atoms with Crippen LogP contribution in [0.1, 0.15) is 0 Å². The molecule has 7 nitrogen and oxygen atoms in total. The Labute approximate surface area is 74.7 Å². The van der Waals surface area contributed by atoms with Gasteiger partial charge in [-0.05, 0) is 0 Å². The minimum atomic E-state index is -4.78. The summed E-state index contributed by atoms with van der Waals surface area (Å²) in [4.78, 5) is 16.9. The predicted octanol–water partition coefficient (Wildman–Crippen LogP) is -2.15. The summed E-state index contributed by atoms with van der Waals surface area (Å²) in [6, 6.07) is 0. The lowest BCUT2D eigenvalue weighted by atomic mass is 10.2. The first-order valence-corrected chi connectivity index (χ1v) is 5.07. The molecule has 0 aliphatic rings. The number of ether oxygens (including phenoxy) is 1. The summed E-state index contributed by atoms with van der Waals surface area (Å²) in [6.07, 6.45) is -3.04. The number of aliphatic hydroxyl groups is 3. The fraction of sp³-hybridized carbons (Fsp3) is 1.00. The van der Waals surface area contributed by atoms with Crippen molar-refractivity contribution in [2.75, 3.05) is 13.7 Å². The second kappa shape index (κ2) is 5.02. The van der Waals surface area contributed by atoms with Crippen LogP contribution in [0.2, 0.25) is 0 Å². The zero-order chi connectivity index (χ0) is 10.6. The average molecular weight is 216 g/mol. The Balaban J connectivity index is 4.40. The van der Waals surface area contributed by atoms with Crippen LogP contribution in [0.3, 0.4) is 0 Å². The molecule has 0 aromatic carbocycles. The molecule has 0 saturated heterocycles. The molecule has 5 N–H and O–H groups in total. The van der Waals surface area contributed by atoms with E-state index in [1.807, 2.05) is 0 Å². The largest absolute Gasteiger partial charge is 0.394 e. The van der Waals surface area contributed by atoms with Crippen molar-refractivity contribution in [1.29, 1.82) is 0 Å². The van der Waals surface area contributed by atoms with Gasteiger partial charge in [0.15, 0.2) is 5.85 Å². The lowest BCUT2D eigenvalue weighted by molar-refractivity contribution is -0.0760. The molecule has 0 spiro atoms. The summed E-state index contributed by atoms with van der Waals surface area (Å²) < 4.78 is 14.9. The monoisotopic (exact) mass is 216 g/mol. The van der Waals surface area contributed by atoms with Gasteiger partial charge in [-0.1, -0.05) is 0 Å². The fourth-order valence-electron chi connectivity index (χ4n) is 0.713. The maximum atomic E-state index is 10.5. The zero-order valence-electron chi connectivity index (χ0n) is 6.94. The maximum absolute atomic E-state index is 10.5. The van der Waals surface area contributed by atoms with Gasteiger partial charge in [-0.25, -0.2) is 0 Å². The van der Waals surface area contributed by atoms with E-state index in [9.17, 15) is 4.57 Å². The zero-order valence-corrected chi connectivity index (χ0v) is 7.83. The van der Waals surface area contributed by atoms with Gasteiger partial charge < -0.3 is 29.8 Å². The van der Waals surface area contributed by atoms with Crippen LogP contribution in [0.4, 0.5) is 0 Å². The van der Waals surface area contributed by atoms with Crippen LogP contribution >= 0.6 is 7.60 Å². The summed E-state index contributed by atoms with van der Waals surface area (Å²) in [5.41, 5.74) is 0. The highest BCUT2D eigenvalue weighted by atomic mass is 31.2. The second-order valence-corrected chi connectivity index (χ2v) is 4.16. The molecule has 8 heteroatoms. The molecule has 0 radical (unpaired) electrons. The van der Waals surface area contributed by atoms with E-state index in [1.54, 1.807) is 0 Å². The van der Waals surface area contributed by atoms with Crippen LogP contribution < -0.4 is 0 Å². The highest BCUT2D eigenvalue weighted by Gasteiger charge is 2.37. The third kappa shape index (κ3) is 3.70. The third-order valence-corrected chi connectivity index (χ3v) is 2.51. The summed E-state index contributed by atoms with van der Waals surface area (Å²) in [7, 11) is -3.64. The Bertz CT molecular complexity index is 185. The Morgan fingerprint density at radius 1 is 1.38 bits per heavy atom. The molecule has 0 amide bonds. The van der Waals surface area contributed by atoms with Crippen molar-refractivity contribution >= 4 is 7.60 Å². The predicted molar refractivity (Wildman–Crippen MR) is 41.9 cm³/mol. The first-order valence-electron chi connectivity index (χ1n) is 3.39. The van der Waals surface area contributed by atoms with E-state index in [0.29, 0.717) is 0 Å². The lowest BCUT2D eigenvalue weighted by Crippen LogP contribution is -2.40. The lowest BCUT2D eigenvalue weighted by Gasteiger charge is -2.24. The van der Waals surface area contributed by atoms with Crippen LogP contribution in [-0.2, 0) is 9.30 Å². The highest BCUT2D eigenvalue weighted by Crippen LogP contribution is 2.41. The molecular formula is C5H13O7P. The van der Waals surface area contributed by atoms with Gasteiger partial charge >= 0.3 is 7.60 Å². The van der Waals surface area contributed by atoms with Gasteiger partial charge in [0, 0.05) is 7.11 Å². The van der Waals surface area contributed by atoms with E-state index in [1.165, 1.54) is 0 Å². The molecule has 0 bridgehead atoms. The van der Waals surface area contributed by atoms with Crippen LogP contribution in [0, 0.1) is 0 Å². The van der Waals surface area contributed by atoms with Crippen molar-refractivity contribution in [3.05, 3.63) is 0 Å². The Morgan fingerprint density at radius 3 is 2.08 bits per heavy atom. The van der Waals surface area contributed by atoms with E-state index in [-0.39, 0.29) is 0 Å². The minimum Gasteiger partial charge on any atom is -0.394 e. The van der Waals surface area contributed by atoms with Gasteiger partial charge in [-0.3, -0.25) is 4.57 Å². The molecular weight excluding hydrogens is 203 g/mol. The van der Waals surface area contributed by atoms with E-state index < -0.39 is 32.3 Å². The first-order chi connectivity index (χ1) is 5.84. The molecule has 0 aliphatic carbocycles. The van der Waals surface area contributed by atoms with Crippen LogP contribution in [-0.4, -0.2) is 56.9 Å². The normalized spacial score (nSPS) is 19.5. The van der Waals surface area contributed by atoms with Crippen molar-refractivity contribution in [2.24, 2.45) is 0 Å². The van der Waals surface area contributed by atoms with E-state index >= 15 is 0 Å². The molecule has 0 aliphatic heterocycles. The standard InChI is InChI=1S/C5H13O7P/c1-12-3(2-6)4(7)5(8)13(9,10)11/h3-8H,2H2,1H3,(H2,9,10,11)/t3-,4-,5?/m0/s1. The Hall–Kier alpha value is -0.0100. The molecule has 0 rings (SSSR count). The molecule has 3 atom stereocenters. The third-order valence-electron chi connectivity index (χ3n) is 1.51. The molecule has 0 aromatic rings. The Kier molecular flexibility index (Phi) is 5.01. The quantitative estimate of drug-likeness (QED) is 0.331. The summed E-state index contributed by atoms with van der Waals surface area (Å²) in [6.45, 7) is -0.644. The number of aliphatic hydroxyl groups excluding tert-OH is 3. The first kappa shape index (κ1) is 13.0. The van der Waals surface area contributed by atoms with Gasteiger partial charge in [0.2, 0.25) is 0 Å². The van der Waals surface area contributed by atoms with Gasteiger partial charge in [-0.15, -0.1) is 0 Å². The highest BCUT2D eigenvalue weighted by molar-refractivity contribution is 7.52. The topological polar surface area (TPSA) is 127 Å². The number of methoxy groups -OCH3 is 1. The smallest absolute Gasteiger partial charge is 0.356 e. The van der Waals surface area contributed by atoms with Gasteiger partial charge in [-0.2, -0.15) is 0 Å². The molecule has 0 aromatic heterocycles. The van der Waals surface area contributed by atoms with Crippen LogP contribution in [0.5, 0.6) is 0 Å². The second-order valence-electron chi connectivity index (χ2n) is 2.45. The van der Waals surface area contributed by atoms with E-state index in [4.69, 9.17) is 25.1 Å². The number of hydrogen-bond acceptors (Lipinski definition) is 5. The van der Waals surface area contributed by atoms with Gasteiger partial charge in [0.05, 0.1) is 6.61 Å². The number of rotatable bonds is 5. The maximum Gasteiger partial charge on any atom is 0.356 e. The SMILES string of the molecule is CO[C@@H](CO)[C@H](O)C(O)P(=O)(O)O. The molecule has 0 saturated carbocycles. The van der Waals surface area contributed by atoms with E-state index in [0.717, 1.165) is 7.11 Å². The van der Waals surface area contributed by atoms with Crippen molar-refractivity contribution in [1.82, 2.24) is 0 Å². The summed E-state index contributed by atoms with van der Waals surface area (Å²) in [5, 5.41) is 26.5. The van der Waals surface area contributed by atoms with E-state index in [2.05, 4.69) is 4.74 Å². The van der Waals surface area contributed by atoms with Crippen molar-refractivity contribution in [3.63, 3.8) is 0 Å². The van der Waals surface area contributed by atoms with Crippen molar-refractivity contribution < 1.29 is 34.4 Å². The Morgan fingerprint density at radius 2 is 1.85 bits per heavy atom. The minimum absolute atomic E-state index is 0.644. The number of hydrogen-bond donors (Lipinski definition) is 5. The molecule has 13 heavy (non-hydrogen) atoms. The fourth-order valence-corrected chi connectivity index (χ4v) is 1.30. The van der Waals surface area contributed by atoms with Gasteiger partial charge in [0.25, 0.3) is 0 Å². The summed E-state index contributed by atoms with van der Waals surface area (Å²) >= 11 is 0. The van der Waals surface area contributed by atoms with Crippen molar-refractivity contribution in [3.8, 4) is 0 Å². The van der Waals surface area contributed by atoms with Crippen LogP contribution in [0.15, 0.2) is 0 Å². The molecule has 0 heterocycles. The summed E-state index contributed by atoms with van der Waals surface area (Å²) in [5.74, 6) is -2.25. The molecule has 0 fully saturated rings. The molecule has 80 valence electrons. The van der Waals surface area contributed by atoms with Crippen LogP contribution in [0.25, 0.3) is 0 Å². The average Bonchev–Trinajstić information content (AvgIpc) is 2.03. The van der Waals surface area contributed by atoms with Crippen molar-refractivity contribution in [2.45, 2.75) is 18.1 Å². The van der Waals surface area contributed by atoms with Gasteiger partial charge in [0.1, 0.15) is 12.2 Å².